The van der Waals surface area contributed by atoms with Crippen molar-refractivity contribution in [3.8, 4) is 5.75 Å². The summed E-state index contributed by atoms with van der Waals surface area (Å²) in [5.74, 6) is 2.03. The fraction of sp³-hybridized carbons (Fsp3) is 0.400. The van der Waals surface area contributed by atoms with Crippen LogP contribution >= 0.6 is 34.5 Å². The number of ether oxygens (including phenoxy) is 1. The molecule has 2 nitrogen and oxygen atoms in total. The quantitative estimate of drug-likeness (QED) is 0.621. The van der Waals surface area contributed by atoms with Gasteiger partial charge in [-0.25, -0.2) is 0 Å². The molecule has 134 valence electrons. The molecule has 1 heterocycles. The van der Waals surface area contributed by atoms with E-state index >= 15 is 0 Å². The number of benzene rings is 1. The van der Waals surface area contributed by atoms with Crippen LogP contribution in [0, 0.1) is 5.92 Å². The van der Waals surface area contributed by atoms with Gasteiger partial charge in [-0.1, -0.05) is 30.7 Å². The third-order valence-electron chi connectivity index (χ3n) is 4.75. The molecule has 0 fully saturated rings. The van der Waals surface area contributed by atoms with Crippen LogP contribution in [0.25, 0.3) is 5.57 Å². The number of fused-ring (bicyclic) bond motifs is 1. The number of thiophene rings is 1. The molecule has 1 aromatic heterocycles. The van der Waals surface area contributed by atoms with Crippen LogP contribution in [0.2, 0.25) is 0 Å². The minimum atomic E-state index is 0.488. The van der Waals surface area contributed by atoms with Crippen molar-refractivity contribution in [2.24, 2.45) is 5.92 Å². The number of nitrogen functional groups attached to an aromatic ring is 1. The Morgan fingerprint density at radius 3 is 2.68 bits per heavy atom. The van der Waals surface area contributed by atoms with Gasteiger partial charge in [0.1, 0.15) is 5.75 Å². The van der Waals surface area contributed by atoms with Crippen molar-refractivity contribution in [3.63, 3.8) is 0 Å². The van der Waals surface area contributed by atoms with Crippen molar-refractivity contribution in [1.29, 1.82) is 0 Å². The van der Waals surface area contributed by atoms with Gasteiger partial charge in [0, 0.05) is 26.9 Å². The van der Waals surface area contributed by atoms with Gasteiger partial charge in [-0.15, -0.1) is 22.9 Å². The van der Waals surface area contributed by atoms with E-state index in [-0.39, 0.29) is 0 Å². The summed E-state index contributed by atoms with van der Waals surface area (Å²) in [4.78, 5) is 1.41. The lowest BCUT2D eigenvalue weighted by atomic mass is 9.85. The first-order valence-electron chi connectivity index (χ1n) is 8.54. The largest absolute Gasteiger partial charge is 0.497 e. The third kappa shape index (κ3) is 3.84. The summed E-state index contributed by atoms with van der Waals surface area (Å²) >= 11 is 14.4. The van der Waals surface area contributed by atoms with Crippen LogP contribution in [0.4, 0.5) is 5.00 Å². The van der Waals surface area contributed by atoms with Gasteiger partial charge in [-0.2, -0.15) is 0 Å². The van der Waals surface area contributed by atoms with E-state index in [0.717, 1.165) is 45.3 Å². The average molecular weight is 396 g/mol. The van der Waals surface area contributed by atoms with Gasteiger partial charge in [0.05, 0.1) is 12.1 Å². The highest BCUT2D eigenvalue weighted by Crippen LogP contribution is 2.45. The molecule has 1 aliphatic carbocycles. The molecule has 2 aromatic rings. The van der Waals surface area contributed by atoms with Gasteiger partial charge < -0.3 is 10.5 Å². The van der Waals surface area contributed by atoms with Crippen LogP contribution in [-0.4, -0.2) is 13.0 Å². The van der Waals surface area contributed by atoms with Gasteiger partial charge in [0.2, 0.25) is 0 Å². The molecule has 1 aromatic carbocycles. The first-order valence-corrected chi connectivity index (χ1v) is 10.3. The zero-order valence-corrected chi connectivity index (χ0v) is 16.9. The van der Waals surface area contributed by atoms with Gasteiger partial charge in [0.15, 0.2) is 0 Å². The number of anilines is 1. The predicted octanol–water partition coefficient (Wildman–Crippen LogP) is 6.09. The zero-order valence-electron chi connectivity index (χ0n) is 14.6. The van der Waals surface area contributed by atoms with E-state index in [1.807, 2.05) is 24.3 Å². The molecule has 25 heavy (non-hydrogen) atoms. The molecule has 1 aliphatic rings. The third-order valence-corrected chi connectivity index (χ3v) is 6.40. The van der Waals surface area contributed by atoms with Crippen molar-refractivity contribution in [1.82, 2.24) is 0 Å². The lowest BCUT2D eigenvalue weighted by Gasteiger charge is -2.20. The maximum absolute atomic E-state index is 6.70. The monoisotopic (exact) mass is 395 g/mol. The fourth-order valence-corrected chi connectivity index (χ4v) is 5.32. The molecule has 0 radical (unpaired) electrons. The predicted molar refractivity (Wildman–Crippen MR) is 110 cm³/mol. The second-order valence-corrected chi connectivity index (χ2v) is 8.51. The minimum Gasteiger partial charge on any atom is -0.497 e. The fourth-order valence-electron chi connectivity index (χ4n) is 3.45. The van der Waals surface area contributed by atoms with Crippen molar-refractivity contribution in [2.75, 3.05) is 18.7 Å². The number of nitrogens with two attached hydrogens (primary N) is 1. The van der Waals surface area contributed by atoms with E-state index in [1.165, 1.54) is 16.9 Å². The summed E-state index contributed by atoms with van der Waals surface area (Å²) in [5.41, 5.74) is 11.0. The van der Waals surface area contributed by atoms with Gasteiger partial charge in [-0.05, 0) is 54.9 Å². The van der Waals surface area contributed by atoms with E-state index in [9.17, 15) is 0 Å². The highest BCUT2D eigenvalue weighted by Gasteiger charge is 2.26. The summed E-state index contributed by atoms with van der Waals surface area (Å²) in [7, 11) is 1.67. The van der Waals surface area contributed by atoms with Gasteiger partial charge in [-0.3, -0.25) is 0 Å². The van der Waals surface area contributed by atoms with Crippen LogP contribution in [-0.2, 0) is 12.8 Å². The van der Waals surface area contributed by atoms with Crippen molar-refractivity contribution >= 4 is 45.1 Å². The molecule has 0 saturated carbocycles. The van der Waals surface area contributed by atoms with Gasteiger partial charge >= 0.3 is 0 Å². The Hall–Kier alpha value is -1.16. The number of hydrogen-bond donors (Lipinski definition) is 1. The molecule has 0 amide bonds. The number of halogens is 2. The smallest absolute Gasteiger partial charge is 0.118 e. The molecule has 0 spiro atoms. The normalized spacial score (nSPS) is 17.8. The summed E-state index contributed by atoms with van der Waals surface area (Å²) in [5, 5.41) is 1.63. The van der Waals surface area contributed by atoms with E-state index < -0.39 is 0 Å². The molecule has 1 atom stereocenters. The number of methoxy groups -OCH3 is 1. The number of alkyl halides is 1. The van der Waals surface area contributed by atoms with Crippen molar-refractivity contribution in [2.45, 2.75) is 32.6 Å². The summed E-state index contributed by atoms with van der Waals surface area (Å²) in [6.45, 7) is 2.30. The summed E-state index contributed by atoms with van der Waals surface area (Å²) in [6.07, 6.45) is 3.99. The Morgan fingerprint density at radius 2 is 2.04 bits per heavy atom. The first kappa shape index (κ1) is 18.6. The molecule has 1 unspecified atom stereocenters. The number of allylic oxidation sites excluding steroid dienone is 1. The summed E-state index contributed by atoms with van der Waals surface area (Å²) < 4.78 is 5.28. The average Bonchev–Trinajstić information content (AvgIpc) is 2.91. The molecule has 0 bridgehead atoms. The Morgan fingerprint density at radius 1 is 1.32 bits per heavy atom. The Kier molecular flexibility index (Phi) is 5.98. The SMILES string of the molecule is COc1ccc(/C(=C(\Cl)CCCl)c2c(N)sc3c2CCC(C)C3)cc1. The molecule has 2 N–H and O–H groups in total. The van der Waals surface area contributed by atoms with Crippen molar-refractivity contribution < 1.29 is 4.74 Å². The van der Waals surface area contributed by atoms with E-state index in [4.69, 9.17) is 33.7 Å². The summed E-state index contributed by atoms with van der Waals surface area (Å²) in [6, 6.07) is 7.99. The molecular weight excluding hydrogens is 373 g/mol. The van der Waals surface area contributed by atoms with Crippen molar-refractivity contribution in [3.05, 3.63) is 50.9 Å². The van der Waals surface area contributed by atoms with Crippen LogP contribution in [0.3, 0.4) is 0 Å². The molecule has 0 saturated heterocycles. The van der Waals surface area contributed by atoms with Crippen LogP contribution in [0.5, 0.6) is 5.75 Å². The number of rotatable bonds is 5. The lowest BCUT2D eigenvalue weighted by molar-refractivity contribution is 0.415. The topological polar surface area (TPSA) is 35.2 Å². The Labute approximate surface area is 163 Å². The minimum absolute atomic E-state index is 0.488. The lowest BCUT2D eigenvalue weighted by Crippen LogP contribution is -2.10. The first-order chi connectivity index (χ1) is 12.0. The maximum Gasteiger partial charge on any atom is 0.118 e. The second-order valence-electron chi connectivity index (χ2n) is 6.54. The highest BCUT2D eigenvalue weighted by atomic mass is 35.5. The number of hydrogen-bond acceptors (Lipinski definition) is 3. The zero-order chi connectivity index (χ0) is 18.0. The van der Waals surface area contributed by atoms with E-state index in [1.54, 1.807) is 18.4 Å². The Bertz CT molecular complexity index is 780. The van der Waals surface area contributed by atoms with Crippen LogP contribution in [0.1, 0.15) is 41.3 Å². The highest BCUT2D eigenvalue weighted by molar-refractivity contribution is 7.16. The molecular formula is C20H23Cl2NOS. The van der Waals surface area contributed by atoms with Crippen LogP contribution in [0.15, 0.2) is 29.3 Å². The van der Waals surface area contributed by atoms with E-state index in [0.29, 0.717) is 18.2 Å². The molecule has 5 heteroatoms. The van der Waals surface area contributed by atoms with Gasteiger partial charge in [0.25, 0.3) is 0 Å². The second kappa shape index (κ2) is 8.03. The standard InChI is InChI=1S/C20H23Cl2NOS/c1-12-3-8-15-17(11-12)25-20(23)19(15)18(16(22)9-10-21)13-4-6-14(24-2)7-5-13/h4-7,12H,3,8-11,23H2,1-2H3/b18-16+. The van der Waals surface area contributed by atoms with E-state index in [2.05, 4.69) is 6.92 Å². The maximum atomic E-state index is 6.70. The molecule has 0 aliphatic heterocycles. The molecule has 3 rings (SSSR count). The Balaban J connectivity index is 2.15. The van der Waals surface area contributed by atoms with Crippen LogP contribution < -0.4 is 10.5 Å².